The Morgan fingerprint density at radius 1 is 1.12 bits per heavy atom. The zero-order valence-corrected chi connectivity index (χ0v) is 8.82. The van der Waals surface area contributed by atoms with E-state index in [1.165, 1.54) is 4.90 Å². The molecule has 92 valence electrons. The Bertz CT molecular complexity index is 253. The van der Waals surface area contributed by atoms with Gasteiger partial charge in [-0.3, -0.25) is 4.90 Å². The fraction of sp³-hybridized carbons (Fsp3) is 1.00. The summed E-state index contributed by atoms with van der Waals surface area (Å²) in [6.07, 6.45) is -4.12. The molecule has 8 heteroatoms. The number of halogens is 3. The first-order chi connectivity index (χ1) is 7.51. The van der Waals surface area contributed by atoms with Crippen molar-refractivity contribution in [2.45, 2.75) is 6.18 Å². The van der Waals surface area contributed by atoms with E-state index in [-0.39, 0.29) is 0 Å². The largest absolute Gasteiger partial charge is 0.401 e. The van der Waals surface area contributed by atoms with Crippen molar-refractivity contribution in [3.05, 3.63) is 10.4 Å². The molecule has 1 saturated heterocycles. The van der Waals surface area contributed by atoms with Gasteiger partial charge in [0.15, 0.2) is 0 Å². The minimum absolute atomic E-state index is 0.371. The number of piperazine rings is 1. The Hall–Kier alpha value is -0.980. The van der Waals surface area contributed by atoms with Gasteiger partial charge in [-0.15, -0.1) is 0 Å². The van der Waals surface area contributed by atoms with Crippen LogP contribution in [0.5, 0.6) is 0 Å². The summed E-state index contributed by atoms with van der Waals surface area (Å²) in [5.74, 6) is 0. The van der Waals surface area contributed by atoms with Gasteiger partial charge in [0.05, 0.1) is 6.54 Å². The molecule has 1 heterocycles. The van der Waals surface area contributed by atoms with Gasteiger partial charge in [-0.05, 0) is 5.53 Å². The second kappa shape index (κ2) is 5.93. The van der Waals surface area contributed by atoms with Crippen LogP contribution in [0.4, 0.5) is 13.2 Å². The molecule has 0 bridgehead atoms. The first-order valence-corrected chi connectivity index (χ1v) is 5.03. The molecule has 0 aromatic rings. The van der Waals surface area contributed by atoms with Crippen LogP contribution in [0.2, 0.25) is 0 Å². The molecule has 0 spiro atoms. The highest BCUT2D eigenvalue weighted by Gasteiger charge is 2.31. The molecule has 0 aromatic heterocycles. The van der Waals surface area contributed by atoms with Crippen LogP contribution in [0, 0.1) is 0 Å². The predicted molar refractivity (Wildman–Crippen MR) is 52.9 cm³/mol. The van der Waals surface area contributed by atoms with E-state index < -0.39 is 12.7 Å². The minimum Gasteiger partial charge on any atom is -0.301 e. The molecular formula is C8H14F3N5. The van der Waals surface area contributed by atoms with Crippen molar-refractivity contribution in [3.8, 4) is 0 Å². The third-order valence-corrected chi connectivity index (χ3v) is 2.45. The fourth-order valence-electron chi connectivity index (χ4n) is 1.66. The summed E-state index contributed by atoms with van der Waals surface area (Å²) in [5.41, 5.74) is 8.07. The maximum atomic E-state index is 12.1. The van der Waals surface area contributed by atoms with E-state index in [0.29, 0.717) is 39.3 Å². The average molecular weight is 237 g/mol. The van der Waals surface area contributed by atoms with Crippen molar-refractivity contribution >= 4 is 0 Å². The summed E-state index contributed by atoms with van der Waals surface area (Å²) in [6, 6.07) is 0. The zero-order chi connectivity index (χ0) is 12.0. The maximum absolute atomic E-state index is 12.1. The van der Waals surface area contributed by atoms with E-state index >= 15 is 0 Å². The van der Waals surface area contributed by atoms with E-state index in [1.54, 1.807) is 0 Å². The van der Waals surface area contributed by atoms with Crippen molar-refractivity contribution in [3.63, 3.8) is 0 Å². The number of hydrogen-bond acceptors (Lipinski definition) is 3. The standard InChI is InChI=1S/C8H14F3N5/c9-8(10,11)7-16-5-3-15(4-6-16)2-1-13-14-12/h1-7H2. The van der Waals surface area contributed by atoms with Crippen molar-refractivity contribution in [2.24, 2.45) is 5.11 Å². The van der Waals surface area contributed by atoms with Gasteiger partial charge in [0.1, 0.15) is 0 Å². The summed E-state index contributed by atoms with van der Waals surface area (Å²) in [6.45, 7) is 2.16. The Kier molecular flexibility index (Phi) is 4.85. The highest BCUT2D eigenvalue weighted by molar-refractivity contribution is 4.74. The minimum atomic E-state index is -4.12. The number of hydrogen-bond donors (Lipinski definition) is 0. The lowest BCUT2D eigenvalue weighted by atomic mass is 10.3. The van der Waals surface area contributed by atoms with Crippen LogP contribution in [0.15, 0.2) is 5.11 Å². The molecule has 1 rings (SSSR count). The van der Waals surface area contributed by atoms with Crippen LogP contribution in [-0.2, 0) is 0 Å². The van der Waals surface area contributed by atoms with E-state index in [9.17, 15) is 13.2 Å². The van der Waals surface area contributed by atoms with Gasteiger partial charge in [0, 0.05) is 44.2 Å². The molecule has 1 aliphatic heterocycles. The topological polar surface area (TPSA) is 55.2 Å². The quantitative estimate of drug-likeness (QED) is 0.422. The van der Waals surface area contributed by atoms with Crippen LogP contribution in [0.25, 0.3) is 10.4 Å². The second-order valence-corrected chi connectivity index (χ2v) is 3.69. The van der Waals surface area contributed by atoms with Crippen molar-refractivity contribution in [2.75, 3.05) is 45.8 Å². The molecule has 0 atom stereocenters. The van der Waals surface area contributed by atoms with Crippen molar-refractivity contribution < 1.29 is 13.2 Å². The van der Waals surface area contributed by atoms with E-state index in [0.717, 1.165) is 0 Å². The van der Waals surface area contributed by atoms with Crippen molar-refractivity contribution in [1.29, 1.82) is 0 Å². The molecule has 1 fully saturated rings. The van der Waals surface area contributed by atoms with Gasteiger partial charge in [0.25, 0.3) is 0 Å². The first kappa shape index (κ1) is 13.1. The molecule has 16 heavy (non-hydrogen) atoms. The van der Waals surface area contributed by atoms with Gasteiger partial charge < -0.3 is 4.90 Å². The lowest BCUT2D eigenvalue weighted by Crippen LogP contribution is -2.49. The van der Waals surface area contributed by atoms with Gasteiger partial charge in [-0.25, -0.2) is 0 Å². The maximum Gasteiger partial charge on any atom is 0.401 e. The van der Waals surface area contributed by atoms with E-state index in [1.807, 2.05) is 4.90 Å². The molecule has 5 nitrogen and oxygen atoms in total. The highest BCUT2D eigenvalue weighted by atomic mass is 19.4. The summed E-state index contributed by atoms with van der Waals surface area (Å²) in [7, 11) is 0. The molecule has 0 unspecified atom stereocenters. The van der Waals surface area contributed by atoms with Crippen LogP contribution in [-0.4, -0.2) is 61.8 Å². The lowest BCUT2D eigenvalue weighted by molar-refractivity contribution is -0.149. The Labute approximate surface area is 91.4 Å². The van der Waals surface area contributed by atoms with Crippen molar-refractivity contribution in [1.82, 2.24) is 9.80 Å². The highest BCUT2D eigenvalue weighted by Crippen LogP contribution is 2.17. The molecule has 0 saturated carbocycles. The van der Waals surface area contributed by atoms with Gasteiger partial charge in [0.2, 0.25) is 0 Å². The van der Waals surface area contributed by atoms with Crippen LogP contribution >= 0.6 is 0 Å². The fourth-order valence-corrected chi connectivity index (χ4v) is 1.66. The summed E-state index contributed by atoms with van der Waals surface area (Å²) < 4.78 is 36.2. The van der Waals surface area contributed by atoms with E-state index in [4.69, 9.17) is 5.53 Å². The second-order valence-electron chi connectivity index (χ2n) is 3.69. The summed E-state index contributed by atoms with van der Waals surface area (Å²) >= 11 is 0. The SMILES string of the molecule is [N-]=[N+]=NCCN1CCN(CC(F)(F)F)CC1. The average Bonchev–Trinajstić information content (AvgIpc) is 2.19. The van der Waals surface area contributed by atoms with Gasteiger partial charge in [-0.1, -0.05) is 5.11 Å². The Balaban J connectivity index is 2.20. The first-order valence-electron chi connectivity index (χ1n) is 5.03. The van der Waals surface area contributed by atoms with Crippen LogP contribution in [0.1, 0.15) is 0 Å². The monoisotopic (exact) mass is 237 g/mol. The summed E-state index contributed by atoms with van der Waals surface area (Å²) in [4.78, 5) is 6.02. The third kappa shape index (κ3) is 5.20. The predicted octanol–water partition coefficient (Wildman–Crippen LogP) is 1.48. The number of azide groups is 1. The Morgan fingerprint density at radius 2 is 1.69 bits per heavy atom. The molecular weight excluding hydrogens is 223 g/mol. The number of rotatable bonds is 4. The molecule has 0 aliphatic carbocycles. The molecule has 0 amide bonds. The summed E-state index contributed by atoms with van der Waals surface area (Å²) in [5, 5.41) is 3.39. The van der Waals surface area contributed by atoms with Crippen LogP contribution in [0.3, 0.4) is 0 Å². The lowest BCUT2D eigenvalue weighted by Gasteiger charge is -2.34. The number of nitrogens with zero attached hydrogens (tertiary/aromatic N) is 5. The number of alkyl halides is 3. The Morgan fingerprint density at radius 3 is 2.19 bits per heavy atom. The molecule has 0 N–H and O–H groups in total. The van der Waals surface area contributed by atoms with E-state index in [2.05, 4.69) is 10.0 Å². The van der Waals surface area contributed by atoms with Gasteiger partial charge in [-0.2, -0.15) is 13.2 Å². The van der Waals surface area contributed by atoms with Crippen LogP contribution < -0.4 is 0 Å². The third-order valence-electron chi connectivity index (χ3n) is 2.45. The molecule has 0 aromatic carbocycles. The zero-order valence-electron chi connectivity index (χ0n) is 8.82. The van der Waals surface area contributed by atoms with Gasteiger partial charge >= 0.3 is 6.18 Å². The molecule has 1 aliphatic rings. The molecule has 0 radical (unpaired) electrons. The normalized spacial score (nSPS) is 19.4. The smallest absolute Gasteiger partial charge is 0.301 e.